The molecule has 2 amide bonds. The van der Waals surface area contributed by atoms with Gasteiger partial charge in [-0.3, -0.25) is 0 Å². The minimum absolute atomic E-state index is 0.0622. The predicted molar refractivity (Wildman–Crippen MR) is 117 cm³/mol. The Labute approximate surface area is 176 Å². The molecule has 0 saturated heterocycles. The lowest BCUT2D eigenvalue weighted by atomic mass is 10.1. The molecule has 3 rings (SSSR count). The Morgan fingerprint density at radius 3 is 2.23 bits per heavy atom. The van der Waals surface area contributed by atoms with E-state index in [4.69, 9.17) is 5.14 Å². The molecule has 3 aromatic rings. The topological polar surface area (TPSA) is 101 Å². The first kappa shape index (κ1) is 21.1. The van der Waals surface area contributed by atoms with Crippen molar-refractivity contribution >= 4 is 21.7 Å². The van der Waals surface area contributed by atoms with Crippen LogP contribution in [0.15, 0.2) is 83.8 Å². The molecule has 0 bridgehead atoms. The van der Waals surface area contributed by atoms with Gasteiger partial charge in [-0.2, -0.15) is 0 Å². The van der Waals surface area contributed by atoms with Crippen LogP contribution in [0.4, 0.5) is 10.5 Å². The summed E-state index contributed by atoms with van der Waals surface area (Å²) in [6.45, 7) is 0.397. The first-order chi connectivity index (χ1) is 14.4. The van der Waals surface area contributed by atoms with Crippen molar-refractivity contribution in [3.05, 3.63) is 95.6 Å². The zero-order valence-corrected chi connectivity index (χ0v) is 16.9. The number of carbonyl (C=O) groups excluding carboxylic acids is 1. The molecule has 6 nitrogen and oxygen atoms in total. The van der Waals surface area contributed by atoms with E-state index in [1.807, 2.05) is 48.5 Å². The summed E-state index contributed by atoms with van der Waals surface area (Å²) in [5.41, 5.74) is 3.25. The maximum Gasteiger partial charge on any atom is 0.319 e. The minimum Gasteiger partial charge on any atom is -0.338 e. The van der Waals surface area contributed by atoms with E-state index in [1.54, 1.807) is 18.2 Å². The van der Waals surface area contributed by atoms with Gasteiger partial charge in [0.15, 0.2) is 0 Å². The number of nitrogens with one attached hydrogen (secondary N) is 2. The molecule has 30 heavy (non-hydrogen) atoms. The lowest BCUT2D eigenvalue weighted by Crippen LogP contribution is -2.30. The number of amides is 2. The molecule has 0 unspecified atom stereocenters. The summed E-state index contributed by atoms with van der Waals surface area (Å²) >= 11 is 0. The molecule has 0 spiro atoms. The van der Waals surface area contributed by atoms with E-state index in [-0.39, 0.29) is 10.9 Å². The third kappa shape index (κ3) is 6.48. The fourth-order valence-electron chi connectivity index (χ4n) is 2.68. The highest BCUT2D eigenvalue weighted by Crippen LogP contribution is 2.11. The van der Waals surface area contributed by atoms with Crippen molar-refractivity contribution in [1.29, 1.82) is 0 Å². The third-order valence-corrected chi connectivity index (χ3v) is 5.13. The first-order valence-electron chi connectivity index (χ1n) is 9.24. The molecule has 0 radical (unpaired) electrons. The average molecular weight is 420 g/mol. The van der Waals surface area contributed by atoms with E-state index in [0.29, 0.717) is 18.7 Å². The summed E-state index contributed by atoms with van der Waals surface area (Å²) in [4.78, 5) is 12.2. The Hall–Kier alpha value is -3.60. The van der Waals surface area contributed by atoms with Gasteiger partial charge in [0, 0.05) is 23.4 Å². The highest BCUT2D eigenvalue weighted by molar-refractivity contribution is 7.89. The minimum atomic E-state index is -3.70. The first-order valence-corrected chi connectivity index (χ1v) is 10.8. The fourth-order valence-corrected chi connectivity index (χ4v) is 3.20. The molecule has 4 N–H and O–H groups in total. The summed E-state index contributed by atoms with van der Waals surface area (Å²) in [6.07, 6.45) is 0.556. The molecule has 7 heteroatoms. The number of urea groups is 1. The van der Waals surface area contributed by atoms with Crippen molar-refractivity contribution in [2.45, 2.75) is 11.3 Å². The van der Waals surface area contributed by atoms with E-state index >= 15 is 0 Å². The third-order valence-electron chi connectivity index (χ3n) is 4.20. The highest BCUT2D eigenvalue weighted by Gasteiger charge is 2.07. The van der Waals surface area contributed by atoms with E-state index < -0.39 is 10.0 Å². The largest absolute Gasteiger partial charge is 0.338 e. The number of nitrogens with two attached hydrogens (primary N) is 1. The molecule has 0 aliphatic rings. The van der Waals surface area contributed by atoms with Gasteiger partial charge in [-0.15, -0.1) is 0 Å². The van der Waals surface area contributed by atoms with E-state index in [1.165, 1.54) is 12.1 Å². The van der Waals surface area contributed by atoms with Crippen LogP contribution in [-0.2, 0) is 16.4 Å². The van der Waals surface area contributed by atoms with Gasteiger partial charge in [0.2, 0.25) is 10.0 Å². The number of sulfonamides is 1. The molecule has 0 aromatic heterocycles. The van der Waals surface area contributed by atoms with Crippen molar-refractivity contribution in [2.75, 3.05) is 11.9 Å². The number of rotatable bonds is 5. The molecular formula is C23H21N3O3S. The Morgan fingerprint density at radius 1 is 0.867 bits per heavy atom. The van der Waals surface area contributed by atoms with Crippen LogP contribution >= 0.6 is 0 Å². The number of primary sulfonamides is 1. The van der Waals surface area contributed by atoms with Crippen LogP contribution in [-0.4, -0.2) is 21.0 Å². The summed E-state index contributed by atoms with van der Waals surface area (Å²) in [6, 6.07) is 22.9. The van der Waals surface area contributed by atoms with Gasteiger partial charge in [0.1, 0.15) is 0 Å². The molecular weight excluding hydrogens is 398 g/mol. The normalized spacial score (nSPS) is 10.6. The van der Waals surface area contributed by atoms with Gasteiger partial charge in [-0.25, -0.2) is 18.4 Å². The highest BCUT2D eigenvalue weighted by atomic mass is 32.2. The number of anilines is 1. The van der Waals surface area contributed by atoms with Gasteiger partial charge in [-0.05, 0) is 54.4 Å². The van der Waals surface area contributed by atoms with Crippen LogP contribution in [0.5, 0.6) is 0 Å². The van der Waals surface area contributed by atoms with Gasteiger partial charge in [0.05, 0.1) is 4.90 Å². The number of carbonyl (C=O) groups is 1. The van der Waals surface area contributed by atoms with Gasteiger partial charge in [0.25, 0.3) is 0 Å². The molecule has 0 aliphatic heterocycles. The van der Waals surface area contributed by atoms with Gasteiger partial charge in [-0.1, -0.05) is 48.2 Å². The van der Waals surface area contributed by atoms with Crippen LogP contribution in [0.2, 0.25) is 0 Å². The molecule has 0 saturated carbocycles. The molecule has 152 valence electrons. The van der Waals surface area contributed by atoms with Crippen molar-refractivity contribution < 1.29 is 13.2 Å². The number of hydrogen-bond acceptors (Lipinski definition) is 3. The molecule has 0 fully saturated rings. The fraction of sp³-hybridized carbons (Fsp3) is 0.0870. The SMILES string of the molecule is NS(=O)(=O)c1ccc(CCNC(=O)Nc2cccc(C#Cc3ccccc3)c2)cc1. The van der Waals surface area contributed by atoms with Gasteiger partial charge < -0.3 is 10.6 Å². The van der Waals surface area contributed by atoms with Crippen molar-refractivity contribution in [3.63, 3.8) is 0 Å². The second-order valence-electron chi connectivity index (χ2n) is 6.52. The Balaban J connectivity index is 1.51. The standard InChI is InChI=1S/C23H21N3O3S/c24-30(28,29)22-13-11-19(12-14-22)15-16-25-23(27)26-21-8-4-7-20(17-21)10-9-18-5-2-1-3-6-18/h1-8,11-14,17H,15-16H2,(H2,24,28,29)(H2,25,26,27). The quantitative estimate of drug-likeness (QED) is 0.554. The maximum atomic E-state index is 12.1. The zero-order chi connectivity index (χ0) is 21.4. The number of benzene rings is 3. The average Bonchev–Trinajstić information content (AvgIpc) is 2.73. The summed E-state index contributed by atoms with van der Waals surface area (Å²) in [5.74, 6) is 6.16. The number of hydrogen-bond donors (Lipinski definition) is 3. The lowest BCUT2D eigenvalue weighted by Gasteiger charge is -2.08. The van der Waals surface area contributed by atoms with E-state index in [9.17, 15) is 13.2 Å². The van der Waals surface area contributed by atoms with Crippen LogP contribution in [0.1, 0.15) is 16.7 Å². The molecule has 0 aliphatic carbocycles. The van der Waals surface area contributed by atoms with Crippen molar-refractivity contribution in [1.82, 2.24) is 5.32 Å². The summed E-state index contributed by atoms with van der Waals surface area (Å²) < 4.78 is 22.5. The van der Waals surface area contributed by atoms with Crippen LogP contribution in [0.25, 0.3) is 0 Å². The smallest absolute Gasteiger partial charge is 0.319 e. The monoisotopic (exact) mass is 419 g/mol. The summed E-state index contributed by atoms with van der Waals surface area (Å²) in [5, 5.41) is 10.6. The summed E-state index contributed by atoms with van der Waals surface area (Å²) in [7, 11) is -3.70. The van der Waals surface area contributed by atoms with Crippen LogP contribution in [0.3, 0.4) is 0 Å². The van der Waals surface area contributed by atoms with Crippen molar-refractivity contribution in [3.8, 4) is 11.8 Å². The van der Waals surface area contributed by atoms with Crippen LogP contribution < -0.4 is 15.8 Å². The van der Waals surface area contributed by atoms with Gasteiger partial charge >= 0.3 is 6.03 Å². The van der Waals surface area contributed by atoms with Crippen LogP contribution in [0, 0.1) is 11.8 Å². The molecule has 0 heterocycles. The maximum absolute atomic E-state index is 12.1. The zero-order valence-electron chi connectivity index (χ0n) is 16.1. The Morgan fingerprint density at radius 2 is 1.53 bits per heavy atom. The van der Waals surface area contributed by atoms with Crippen molar-refractivity contribution in [2.24, 2.45) is 5.14 Å². The Bertz CT molecular complexity index is 1180. The lowest BCUT2D eigenvalue weighted by molar-refractivity contribution is 0.252. The molecule has 3 aromatic carbocycles. The van der Waals surface area contributed by atoms with E-state index in [2.05, 4.69) is 22.5 Å². The second-order valence-corrected chi connectivity index (χ2v) is 8.08. The van der Waals surface area contributed by atoms with E-state index in [0.717, 1.165) is 16.7 Å². The Kier molecular flexibility index (Phi) is 6.86. The second kappa shape index (κ2) is 9.74. The predicted octanol–water partition coefficient (Wildman–Crippen LogP) is 3.10. The molecule has 0 atom stereocenters.